The first kappa shape index (κ1) is 18.4. The van der Waals surface area contributed by atoms with E-state index in [0.29, 0.717) is 0 Å². The zero-order valence-electron chi connectivity index (χ0n) is 13.8. The van der Waals surface area contributed by atoms with E-state index < -0.39 is 22.6 Å². The number of ether oxygens (including phenoxy) is 2. The van der Waals surface area contributed by atoms with Crippen molar-refractivity contribution < 1.29 is 24.0 Å². The maximum atomic E-state index is 12.2. The molecule has 0 spiro atoms. The van der Waals surface area contributed by atoms with Gasteiger partial charge in [-0.15, -0.1) is 0 Å². The molecule has 0 fully saturated rings. The van der Waals surface area contributed by atoms with Crippen molar-refractivity contribution >= 4 is 23.4 Å². The molecular formula is C15H20N2O6. The van der Waals surface area contributed by atoms with Crippen molar-refractivity contribution in [3.8, 4) is 0 Å². The molecule has 0 unspecified atom stereocenters. The molecule has 23 heavy (non-hydrogen) atoms. The number of esters is 1. The molecule has 0 heterocycles. The standard InChI is InChI=1S/C15H20N2O6/c1-6-22-13(18)10-8-7-9-11(17(20)21)12(10)16(5)14(19)23-15(2,3)4/h7-9H,6H2,1-5H3. The summed E-state index contributed by atoms with van der Waals surface area (Å²) in [6.07, 6.45) is -0.808. The number of para-hydroxylation sites is 1. The van der Waals surface area contributed by atoms with Crippen LogP contribution in [0.2, 0.25) is 0 Å². The number of nitro benzene ring substituents is 1. The molecule has 0 saturated carbocycles. The molecule has 8 nitrogen and oxygen atoms in total. The maximum absolute atomic E-state index is 12.2. The van der Waals surface area contributed by atoms with Crippen LogP contribution in [0.4, 0.5) is 16.2 Å². The average Bonchev–Trinajstić information content (AvgIpc) is 2.44. The predicted octanol–water partition coefficient (Wildman–Crippen LogP) is 3.14. The molecule has 1 aromatic rings. The fourth-order valence-electron chi connectivity index (χ4n) is 1.83. The van der Waals surface area contributed by atoms with Crippen LogP contribution in [-0.4, -0.2) is 36.2 Å². The van der Waals surface area contributed by atoms with Gasteiger partial charge in [-0.1, -0.05) is 6.07 Å². The van der Waals surface area contributed by atoms with Crippen molar-refractivity contribution in [1.82, 2.24) is 0 Å². The van der Waals surface area contributed by atoms with Crippen LogP contribution in [-0.2, 0) is 9.47 Å². The molecule has 1 amide bonds. The summed E-state index contributed by atoms with van der Waals surface area (Å²) >= 11 is 0. The van der Waals surface area contributed by atoms with Crippen LogP contribution in [0.25, 0.3) is 0 Å². The molecule has 126 valence electrons. The SMILES string of the molecule is CCOC(=O)c1cccc([N+](=O)[O-])c1N(C)C(=O)OC(C)(C)C. The monoisotopic (exact) mass is 324 g/mol. The van der Waals surface area contributed by atoms with Gasteiger partial charge in [-0.2, -0.15) is 0 Å². The molecule has 0 N–H and O–H groups in total. The Morgan fingerprint density at radius 1 is 1.30 bits per heavy atom. The van der Waals surface area contributed by atoms with Gasteiger partial charge in [0.05, 0.1) is 17.1 Å². The van der Waals surface area contributed by atoms with E-state index in [0.717, 1.165) is 4.90 Å². The number of rotatable bonds is 4. The van der Waals surface area contributed by atoms with Gasteiger partial charge in [0.25, 0.3) is 5.69 Å². The van der Waals surface area contributed by atoms with Gasteiger partial charge in [-0.25, -0.2) is 9.59 Å². The summed E-state index contributed by atoms with van der Waals surface area (Å²) in [4.78, 5) is 35.7. The number of benzene rings is 1. The Balaban J connectivity index is 3.38. The van der Waals surface area contributed by atoms with E-state index in [1.54, 1.807) is 27.7 Å². The van der Waals surface area contributed by atoms with Gasteiger partial charge < -0.3 is 9.47 Å². The Morgan fingerprint density at radius 3 is 2.39 bits per heavy atom. The molecule has 0 saturated heterocycles. The van der Waals surface area contributed by atoms with E-state index in [9.17, 15) is 19.7 Å². The van der Waals surface area contributed by atoms with Crippen molar-refractivity contribution in [3.05, 3.63) is 33.9 Å². The molecule has 0 aliphatic heterocycles. The van der Waals surface area contributed by atoms with Gasteiger partial charge in [-0.05, 0) is 33.8 Å². The first-order valence-corrected chi connectivity index (χ1v) is 6.99. The van der Waals surface area contributed by atoms with E-state index in [2.05, 4.69) is 0 Å². The Hall–Kier alpha value is -2.64. The lowest BCUT2D eigenvalue weighted by molar-refractivity contribution is -0.384. The smallest absolute Gasteiger partial charge is 0.414 e. The average molecular weight is 324 g/mol. The molecule has 0 atom stereocenters. The second-order valence-corrected chi connectivity index (χ2v) is 5.69. The minimum absolute atomic E-state index is 0.0746. The van der Waals surface area contributed by atoms with Crippen LogP contribution in [0.15, 0.2) is 18.2 Å². The van der Waals surface area contributed by atoms with Crippen LogP contribution in [0, 0.1) is 10.1 Å². The van der Waals surface area contributed by atoms with Crippen molar-refractivity contribution in [1.29, 1.82) is 0 Å². The maximum Gasteiger partial charge on any atom is 0.414 e. The third kappa shape index (κ3) is 4.67. The topological polar surface area (TPSA) is 99.0 Å². The number of hydrogen-bond donors (Lipinski definition) is 0. The zero-order chi connectivity index (χ0) is 17.8. The summed E-state index contributed by atoms with van der Waals surface area (Å²) in [6.45, 7) is 6.74. The van der Waals surface area contributed by atoms with E-state index >= 15 is 0 Å². The van der Waals surface area contributed by atoms with Crippen LogP contribution in [0.1, 0.15) is 38.1 Å². The summed E-state index contributed by atoms with van der Waals surface area (Å²) in [7, 11) is 1.30. The van der Waals surface area contributed by atoms with Crippen LogP contribution in [0.3, 0.4) is 0 Å². The summed E-state index contributed by atoms with van der Waals surface area (Å²) in [5.74, 6) is -0.749. The normalized spacial score (nSPS) is 10.8. The number of nitro groups is 1. The number of amides is 1. The molecule has 0 radical (unpaired) electrons. The van der Waals surface area contributed by atoms with Gasteiger partial charge in [-0.3, -0.25) is 15.0 Å². The Morgan fingerprint density at radius 2 is 1.91 bits per heavy atom. The summed E-state index contributed by atoms with van der Waals surface area (Å²) in [6, 6.07) is 3.93. The number of anilines is 1. The first-order valence-electron chi connectivity index (χ1n) is 6.99. The summed E-state index contributed by atoms with van der Waals surface area (Å²) in [5.41, 5.74) is -1.40. The molecule has 1 rings (SSSR count). The highest BCUT2D eigenvalue weighted by Gasteiger charge is 2.30. The minimum atomic E-state index is -0.808. The molecule has 0 aliphatic rings. The fourth-order valence-corrected chi connectivity index (χ4v) is 1.83. The first-order chi connectivity index (χ1) is 10.6. The lowest BCUT2D eigenvalue weighted by Crippen LogP contribution is -2.35. The number of carbonyl (C=O) groups excluding carboxylic acids is 2. The zero-order valence-corrected chi connectivity index (χ0v) is 13.8. The Kier molecular flexibility index (Phi) is 5.67. The van der Waals surface area contributed by atoms with Gasteiger partial charge >= 0.3 is 12.1 Å². The van der Waals surface area contributed by atoms with Crippen molar-refractivity contribution in [2.75, 3.05) is 18.6 Å². The highest BCUT2D eigenvalue weighted by molar-refractivity contribution is 6.03. The van der Waals surface area contributed by atoms with Gasteiger partial charge in [0.2, 0.25) is 0 Å². The molecule has 1 aromatic carbocycles. The number of carbonyl (C=O) groups is 2. The largest absolute Gasteiger partial charge is 0.462 e. The molecular weight excluding hydrogens is 304 g/mol. The second kappa shape index (κ2) is 7.08. The lowest BCUT2D eigenvalue weighted by atomic mass is 10.1. The highest BCUT2D eigenvalue weighted by Crippen LogP contribution is 2.32. The summed E-state index contributed by atoms with van der Waals surface area (Å²) < 4.78 is 10.1. The van der Waals surface area contributed by atoms with E-state index in [-0.39, 0.29) is 23.5 Å². The van der Waals surface area contributed by atoms with Gasteiger partial charge in [0.15, 0.2) is 0 Å². The van der Waals surface area contributed by atoms with Crippen molar-refractivity contribution in [2.45, 2.75) is 33.3 Å². The molecule has 0 aliphatic carbocycles. The van der Waals surface area contributed by atoms with Crippen LogP contribution in [0.5, 0.6) is 0 Å². The van der Waals surface area contributed by atoms with Crippen molar-refractivity contribution in [3.63, 3.8) is 0 Å². The van der Waals surface area contributed by atoms with Crippen LogP contribution < -0.4 is 4.90 Å². The van der Waals surface area contributed by atoms with Crippen molar-refractivity contribution in [2.24, 2.45) is 0 Å². The minimum Gasteiger partial charge on any atom is -0.462 e. The quantitative estimate of drug-likeness (QED) is 0.479. The van der Waals surface area contributed by atoms with E-state index in [1.165, 1.54) is 25.2 Å². The second-order valence-electron chi connectivity index (χ2n) is 5.69. The lowest BCUT2D eigenvalue weighted by Gasteiger charge is -2.25. The fraction of sp³-hybridized carbons (Fsp3) is 0.467. The third-order valence-electron chi connectivity index (χ3n) is 2.71. The predicted molar refractivity (Wildman–Crippen MR) is 83.7 cm³/mol. The Labute approximate surface area is 134 Å². The Bertz CT molecular complexity index is 621. The van der Waals surface area contributed by atoms with E-state index in [1.807, 2.05) is 0 Å². The number of nitrogens with zero attached hydrogens (tertiary/aromatic N) is 2. The van der Waals surface area contributed by atoms with E-state index in [4.69, 9.17) is 9.47 Å². The summed E-state index contributed by atoms with van der Waals surface area (Å²) in [5, 5.41) is 11.2. The molecule has 0 bridgehead atoms. The van der Waals surface area contributed by atoms with Gasteiger partial charge in [0, 0.05) is 13.1 Å². The van der Waals surface area contributed by atoms with Crippen LogP contribution >= 0.6 is 0 Å². The number of hydrogen-bond acceptors (Lipinski definition) is 6. The molecule has 8 heteroatoms. The third-order valence-corrected chi connectivity index (χ3v) is 2.71. The highest BCUT2D eigenvalue weighted by atomic mass is 16.6. The van der Waals surface area contributed by atoms with Gasteiger partial charge in [0.1, 0.15) is 11.3 Å². The molecule has 0 aromatic heterocycles.